The van der Waals surface area contributed by atoms with Gasteiger partial charge in [0.15, 0.2) is 0 Å². The summed E-state index contributed by atoms with van der Waals surface area (Å²) in [5.74, 6) is 0. The van der Waals surface area contributed by atoms with Gasteiger partial charge in [0.2, 0.25) is 0 Å². The molecule has 1 aromatic carbocycles. The highest BCUT2D eigenvalue weighted by atomic mass is 19.4. The number of aryl methyl sites for hydroxylation is 1. The summed E-state index contributed by atoms with van der Waals surface area (Å²) in [7, 11) is 1.66. The summed E-state index contributed by atoms with van der Waals surface area (Å²) < 4.78 is 41.5. The van der Waals surface area contributed by atoms with Gasteiger partial charge in [-0.25, -0.2) is 9.78 Å². The SMILES string of the molecule is Cn1c(-c2ccc([C@]3(NC(=O)O)C[C@@](C)(O)C3)cc2)c(-c2ccccn2)c2c(=O)n(CC(F)(F)F)cnc21. The molecule has 0 saturated heterocycles. The number of benzene rings is 1. The third kappa shape index (κ3) is 4.40. The Labute approximate surface area is 214 Å². The molecule has 1 fully saturated rings. The summed E-state index contributed by atoms with van der Waals surface area (Å²) in [6.07, 6.45) is -3.02. The van der Waals surface area contributed by atoms with E-state index in [0.717, 1.165) is 6.33 Å². The van der Waals surface area contributed by atoms with Gasteiger partial charge in [-0.3, -0.25) is 14.3 Å². The Hall–Kier alpha value is -4.19. The number of nitrogens with zero attached hydrogens (tertiary/aromatic N) is 4. The first-order valence-electron chi connectivity index (χ1n) is 11.7. The van der Waals surface area contributed by atoms with Crippen molar-refractivity contribution in [3.63, 3.8) is 0 Å². The van der Waals surface area contributed by atoms with Crippen LogP contribution in [-0.2, 0) is 19.1 Å². The summed E-state index contributed by atoms with van der Waals surface area (Å²) in [6.45, 7) is 0.161. The highest BCUT2D eigenvalue weighted by Crippen LogP contribution is 2.48. The molecule has 0 spiro atoms. The zero-order valence-corrected chi connectivity index (χ0v) is 20.5. The first kappa shape index (κ1) is 25.5. The van der Waals surface area contributed by atoms with Gasteiger partial charge < -0.3 is 20.1 Å². The highest BCUT2D eigenvalue weighted by molar-refractivity contribution is 6.01. The van der Waals surface area contributed by atoms with Crippen LogP contribution in [0.5, 0.6) is 0 Å². The average Bonchev–Trinajstić information content (AvgIpc) is 3.12. The van der Waals surface area contributed by atoms with Crippen molar-refractivity contribution in [2.45, 2.75) is 43.6 Å². The number of rotatable bonds is 5. The lowest BCUT2D eigenvalue weighted by molar-refractivity contribution is -0.141. The second-order valence-electron chi connectivity index (χ2n) is 9.93. The molecule has 38 heavy (non-hydrogen) atoms. The Balaban J connectivity index is 1.69. The van der Waals surface area contributed by atoms with E-state index in [4.69, 9.17) is 0 Å². The van der Waals surface area contributed by atoms with Gasteiger partial charge in [-0.05, 0) is 30.2 Å². The van der Waals surface area contributed by atoms with Crippen molar-refractivity contribution in [3.8, 4) is 22.5 Å². The number of hydrogen-bond donors (Lipinski definition) is 3. The van der Waals surface area contributed by atoms with Crippen LogP contribution in [0.15, 0.2) is 59.8 Å². The fraction of sp³-hybridized carbons (Fsp3) is 0.308. The molecule has 1 aliphatic carbocycles. The van der Waals surface area contributed by atoms with E-state index in [0.29, 0.717) is 32.6 Å². The van der Waals surface area contributed by atoms with Crippen molar-refractivity contribution in [2.75, 3.05) is 0 Å². The lowest BCUT2D eigenvalue weighted by Crippen LogP contribution is -2.61. The Morgan fingerprint density at radius 3 is 2.37 bits per heavy atom. The van der Waals surface area contributed by atoms with E-state index in [1.807, 2.05) is 0 Å². The third-order valence-corrected chi connectivity index (χ3v) is 6.85. The molecule has 3 heterocycles. The molecule has 0 atom stereocenters. The Bertz CT molecular complexity index is 1580. The van der Waals surface area contributed by atoms with Gasteiger partial charge in [0.05, 0.1) is 27.9 Å². The fourth-order valence-corrected chi connectivity index (χ4v) is 5.51. The number of aliphatic hydroxyl groups is 1. The molecule has 3 aromatic heterocycles. The predicted octanol–water partition coefficient (Wildman–Crippen LogP) is 4.03. The highest BCUT2D eigenvalue weighted by Gasteiger charge is 2.53. The molecule has 0 aliphatic heterocycles. The molecule has 1 aliphatic rings. The first-order valence-corrected chi connectivity index (χ1v) is 11.7. The van der Waals surface area contributed by atoms with Crippen molar-refractivity contribution >= 4 is 17.1 Å². The maximum Gasteiger partial charge on any atom is 0.406 e. The second-order valence-corrected chi connectivity index (χ2v) is 9.93. The number of nitrogens with one attached hydrogen (secondary N) is 1. The number of halogens is 3. The number of alkyl halides is 3. The normalized spacial score (nSPS) is 21.3. The minimum Gasteiger partial charge on any atom is -0.465 e. The number of carbonyl (C=O) groups is 1. The molecule has 198 valence electrons. The molecule has 0 bridgehead atoms. The average molecular weight is 528 g/mol. The first-order chi connectivity index (χ1) is 17.8. The second kappa shape index (κ2) is 8.69. The van der Waals surface area contributed by atoms with Crippen molar-refractivity contribution < 1.29 is 28.2 Å². The van der Waals surface area contributed by atoms with Crippen LogP contribution < -0.4 is 10.9 Å². The van der Waals surface area contributed by atoms with Crippen LogP contribution in [0.25, 0.3) is 33.5 Å². The summed E-state index contributed by atoms with van der Waals surface area (Å²) >= 11 is 0. The summed E-state index contributed by atoms with van der Waals surface area (Å²) in [4.78, 5) is 33.3. The lowest BCUT2D eigenvalue weighted by atomic mass is 9.62. The molecular weight excluding hydrogens is 503 g/mol. The molecular formula is C26H24F3N5O4. The van der Waals surface area contributed by atoms with E-state index in [-0.39, 0.29) is 23.9 Å². The predicted molar refractivity (Wildman–Crippen MR) is 132 cm³/mol. The zero-order chi connectivity index (χ0) is 27.5. The van der Waals surface area contributed by atoms with Crippen LogP contribution in [0.3, 0.4) is 0 Å². The van der Waals surface area contributed by atoms with Crippen molar-refractivity contribution in [3.05, 3.63) is 70.9 Å². The van der Waals surface area contributed by atoms with Gasteiger partial charge >= 0.3 is 12.3 Å². The van der Waals surface area contributed by atoms with Crippen molar-refractivity contribution in [1.82, 2.24) is 24.4 Å². The van der Waals surface area contributed by atoms with Crippen LogP contribution in [0, 0.1) is 0 Å². The fourth-order valence-electron chi connectivity index (χ4n) is 5.51. The van der Waals surface area contributed by atoms with Crippen LogP contribution >= 0.6 is 0 Å². The van der Waals surface area contributed by atoms with E-state index >= 15 is 0 Å². The van der Waals surface area contributed by atoms with Gasteiger partial charge in [-0.15, -0.1) is 0 Å². The molecule has 9 nitrogen and oxygen atoms in total. The minimum absolute atomic E-state index is 0.0103. The number of hydrogen-bond acceptors (Lipinski definition) is 5. The topological polar surface area (TPSA) is 122 Å². The van der Waals surface area contributed by atoms with Gasteiger partial charge in [0.25, 0.3) is 5.56 Å². The van der Waals surface area contributed by atoms with Gasteiger partial charge in [-0.1, -0.05) is 30.3 Å². The van der Waals surface area contributed by atoms with E-state index in [1.165, 1.54) is 6.20 Å². The van der Waals surface area contributed by atoms with Crippen LogP contribution in [0.4, 0.5) is 18.0 Å². The van der Waals surface area contributed by atoms with E-state index in [9.17, 15) is 33.0 Å². The molecule has 12 heteroatoms. The Morgan fingerprint density at radius 1 is 1.13 bits per heavy atom. The maximum absolute atomic E-state index is 13.3. The number of aromatic nitrogens is 4. The quantitative estimate of drug-likeness (QED) is 0.360. The summed E-state index contributed by atoms with van der Waals surface area (Å²) in [6, 6.07) is 12.0. The van der Waals surface area contributed by atoms with Crippen LogP contribution in [0.1, 0.15) is 25.3 Å². The number of fused-ring (bicyclic) bond motifs is 1. The molecule has 5 rings (SSSR count). The van der Waals surface area contributed by atoms with E-state index in [1.54, 1.807) is 61.0 Å². The molecule has 1 amide bonds. The van der Waals surface area contributed by atoms with E-state index < -0.39 is 35.5 Å². The summed E-state index contributed by atoms with van der Waals surface area (Å²) in [5.41, 5.74) is -0.0865. The Morgan fingerprint density at radius 2 is 1.82 bits per heavy atom. The largest absolute Gasteiger partial charge is 0.465 e. The van der Waals surface area contributed by atoms with Gasteiger partial charge in [-0.2, -0.15) is 13.2 Å². The smallest absolute Gasteiger partial charge is 0.406 e. The molecule has 0 radical (unpaired) electrons. The third-order valence-electron chi connectivity index (χ3n) is 6.85. The van der Waals surface area contributed by atoms with E-state index in [2.05, 4.69) is 15.3 Å². The molecule has 3 N–H and O–H groups in total. The molecule has 0 unspecified atom stereocenters. The number of amides is 1. The monoisotopic (exact) mass is 527 g/mol. The van der Waals surface area contributed by atoms with Gasteiger partial charge in [0, 0.05) is 31.6 Å². The standard InChI is InChI=1S/C26H24F3N5O4/c1-24(38)11-25(12-24,32-23(36)37)16-8-6-15(7-9-16)20-18(17-5-3-4-10-30-17)19-21(33(20)2)31-14-34(22(19)35)13-26(27,28)29/h3-10,14,32,38H,11-13H2,1-2H3,(H,36,37)/t24-,25+. The van der Waals surface area contributed by atoms with Crippen LogP contribution in [0.2, 0.25) is 0 Å². The zero-order valence-electron chi connectivity index (χ0n) is 20.5. The molecule has 1 saturated carbocycles. The number of pyridine rings is 1. The van der Waals surface area contributed by atoms with Crippen LogP contribution in [-0.4, -0.2) is 47.2 Å². The van der Waals surface area contributed by atoms with Crippen molar-refractivity contribution in [1.29, 1.82) is 0 Å². The Kier molecular flexibility index (Phi) is 5.82. The van der Waals surface area contributed by atoms with Crippen molar-refractivity contribution in [2.24, 2.45) is 7.05 Å². The lowest BCUT2D eigenvalue weighted by Gasteiger charge is -2.51. The maximum atomic E-state index is 13.3. The summed E-state index contributed by atoms with van der Waals surface area (Å²) in [5, 5.41) is 22.2. The van der Waals surface area contributed by atoms with Gasteiger partial charge in [0.1, 0.15) is 18.5 Å². The molecule has 4 aromatic rings. The number of carboxylic acid groups (broad SMARTS) is 1. The minimum atomic E-state index is -4.61.